The highest BCUT2D eigenvalue weighted by Gasteiger charge is 2.22. The summed E-state index contributed by atoms with van der Waals surface area (Å²) in [6.07, 6.45) is 3.09. The van der Waals surface area contributed by atoms with Gasteiger partial charge in [-0.1, -0.05) is 25.4 Å². The number of aromatic nitrogens is 1. The van der Waals surface area contributed by atoms with Crippen LogP contribution in [0.3, 0.4) is 0 Å². The van der Waals surface area contributed by atoms with Crippen molar-refractivity contribution >= 4 is 17.4 Å². The van der Waals surface area contributed by atoms with Crippen LogP contribution in [-0.4, -0.2) is 24.0 Å². The van der Waals surface area contributed by atoms with Crippen LogP contribution in [0.15, 0.2) is 18.5 Å². The molecule has 1 aromatic heterocycles. The second-order valence-electron chi connectivity index (χ2n) is 4.01. The first-order valence-electron chi connectivity index (χ1n) is 5.20. The van der Waals surface area contributed by atoms with Crippen LogP contribution in [0.4, 0.5) is 0 Å². The van der Waals surface area contributed by atoms with E-state index in [4.69, 9.17) is 16.3 Å². The summed E-state index contributed by atoms with van der Waals surface area (Å²) in [5, 5.41) is 0.523. The van der Waals surface area contributed by atoms with E-state index in [-0.39, 0.29) is 24.2 Å². The lowest BCUT2D eigenvalue weighted by Crippen LogP contribution is -2.30. The van der Waals surface area contributed by atoms with Gasteiger partial charge in [0, 0.05) is 25.9 Å². The molecule has 0 radical (unpaired) electrons. The number of methoxy groups -OCH3 is 1. The Balaban J connectivity index is 2.74. The number of ketones is 1. The molecule has 0 aliphatic heterocycles. The number of halogens is 1. The van der Waals surface area contributed by atoms with Crippen molar-refractivity contribution in [1.29, 1.82) is 0 Å². The zero-order valence-electron chi connectivity index (χ0n) is 9.74. The second kappa shape index (κ2) is 5.97. The molecule has 0 aliphatic carbocycles. The molecule has 0 aliphatic rings. The van der Waals surface area contributed by atoms with Crippen LogP contribution in [0.5, 0.6) is 0 Å². The molecule has 0 saturated carbocycles. The van der Waals surface area contributed by atoms with Crippen LogP contribution in [0.25, 0.3) is 0 Å². The number of nitrogens with zero attached hydrogens (tertiary/aromatic N) is 1. The van der Waals surface area contributed by atoms with Gasteiger partial charge in [-0.3, -0.25) is 9.78 Å². The van der Waals surface area contributed by atoms with E-state index in [1.807, 2.05) is 13.8 Å². The van der Waals surface area contributed by atoms with Crippen molar-refractivity contribution < 1.29 is 9.53 Å². The Morgan fingerprint density at radius 2 is 2.25 bits per heavy atom. The summed E-state index contributed by atoms with van der Waals surface area (Å²) in [5.41, 5.74) is 0.796. The Hall–Kier alpha value is -0.930. The molecule has 1 aromatic rings. The highest BCUT2D eigenvalue weighted by molar-refractivity contribution is 6.31. The van der Waals surface area contributed by atoms with E-state index in [1.54, 1.807) is 25.6 Å². The molecule has 0 saturated heterocycles. The zero-order valence-corrected chi connectivity index (χ0v) is 10.5. The molecule has 0 amide bonds. The summed E-state index contributed by atoms with van der Waals surface area (Å²) in [7, 11) is 1.55. The van der Waals surface area contributed by atoms with Gasteiger partial charge in [0.15, 0.2) is 5.78 Å². The van der Waals surface area contributed by atoms with Crippen LogP contribution in [-0.2, 0) is 16.0 Å². The molecule has 88 valence electrons. The highest BCUT2D eigenvalue weighted by Crippen LogP contribution is 2.17. The lowest BCUT2D eigenvalue weighted by molar-refractivity contribution is -0.130. The maximum absolute atomic E-state index is 11.9. The first-order chi connectivity index (χ1) is 7.56. The molecule has 0 fully saturated rings. The summed E-state index contributed by atoms with van der Waals surface area (Å²) >= 11 is 5.94. The molecule has 1 rings (SSSR count). The van der Waals surface area contributed by atoms with Gasteiger partial charge in [-0.05, 0) is 17.5 Å². The van der Waals surface area contributed by atoms with E-state index in [9.17, 15) is 4.79 Å². The topological polar surface area (TPSA) is 39.2 Å². The quantitative estimate of drug-likeness (QED) is 0.795. The zero-order chi connectivity index (χ0) is 12.1. The lowest BCUT2D eigenvalue weighted by atomic mass is 9.98. The number of carbonyl (C=O) groups excluding carboxylic acids is 1. The van der Waals surface area contributed by atoms with Gasteiger partial charge in [-0.2, -0.15) is 0 Å². The Morgan fingerprint density at radius 3 is 2.75 bits per heavy atom. The fourth-order valence-electron chi connectivity index (χ4n) is 1.61. The SMILES string of the molecule is COC(C(=O)Cc1ccncc1Cl)C(C)C. The summed E-state index contributed by atoms with van der Waals surface area (Å²) in [4.78, 5) is 15.8. The molecule has 0 bridgehead atoms. The van der Waals surface area contributed by atoms with Crippen molar-refractivity contribution in [3.05, 3.63) is 29.0 Å². The van der Waals surface area contributed by atoms with E-state index < -0.39 is 0 Å². The largest absolute Gasteiger partial charge is 0.373 e. The Labute approximate surface area is 101 Å². The second-order valence-corrected chi connectivity index (χ2v) is 4.42. The molecule has 0 spiro atoms. The molecular formula is C12H16ClNO2. The summed E-state index contributed by atoms with van der Waals surface area (Å²) < 4.78 is 5.18. The van der Waals surface area contributed by atoms with Crippen LogP contribution in [0, 0.1) is 5.92 Å². The number of pyridine rings is 1. The number of carbonyl (C=O) groups is 1. The van der Waals surface area contributed by atoms with Gasteiger partial charge in [0.25, 0.3) is 0 Å². The Bertz CT molecular complexity index is 366. The fourth-order valence-corrected chi connectivity index (χ4v) is 1.80. The smallest absolute Gasteiger partial charge is 0.166 e. The van der Waals surface area contributed by atoms with Crippen LogP contribution in [0.2, 0.25) is 5.02 Å². The van der Waals surface area contributed by atoms with E-state index >= 15 is 0 Å². The van der Waals surface area contributed by atoms with Gasteiger partial charge < -0.3 is 4.74 Å². The van der Waals surface area contributed by atoms with Crippen molar-refractivity contribution in [2.45, 2.75) is 26.4 Å². The number of rotatable bonds is 5. The van der Waals surface area contributed by atoms with E-state index in [0.29, 0.717) is 5.02 Å². The van der Waals surface area contributed by atoms with Gasteiger partial charge in [0.05, 0.1) is 5.02 Å². The van der Waals surface area contributed by atoms with Gasteiger partial charge in [-0.25, -0.2) is 0 Å². The maximum Gasteiger partial charge on any atom is 0.166 e. The van der Waals surface area contributed by atoms with Crippen LogP contribution < -0.4 is 0 Å². The molecule has 0 aromatic carbocycles. The third-order valence-corrected chi connectivity index (χ3v) is 2.74. The molecule has 1 unspecified atom stereocenters. The summed E-state index contributed by atoms with van der Waals surface area (Å²) in [6.45, 7) is 3.92. The summed E-state index contributed by atoms with van der Waals surface area (Å²) in [6, 6.07) is 1.76. The van der Waals surface area contributed by atoms with Gasteiger partial charge >= 0.3 is 0 Å². The van der Waals surface area contributed by atoms with Gasteiger partial charge in [0.2, 0.25) is 0 Å². The van der Waals surface area contributed by atoms with Crippen molar-refractivity contribution in [1.82, 2.24) is 4.98 Å². The standard InChI is InChI=1S/C12H16ClNO2/c1-8(2)12(16-3)11(15)6-9-4-5-14-7-10(9)13/h4-5,7-8,12H,6H2,1-3H3. The van der Waals surface area contributed by atoms with Crippen molar-refractivity contribution in [2.75, 3.05) is 7.11 Å². The minimum absolute atomic E-state index is 0.0469. The lowest BCUT2D eigenvalue weighted by Gasteiger charge is -2.17. The number of ether oxygens (including phenoxy) is 1. The minimum atomic E-state index is -0.371. The van der Waals surface area contributed by atoms with Crippen LogP contribution >= 0.6 is 11.6 Å². The average molecular weight is 242 g/mol. The number of Topliss-reactive ketones (excluding diaryl/α,β-unsaturated/α-hetero) is 1. The monoisotopic (exact) mass is 241 g/mol. The highest BCUT2D eigenvalue weighted by atomic mass is 35.5. The predicted molar refractivity (Wildman–Crippen MR) is 63.6 cm³/mol. The molecule has 4 heteroatoms. The van der Waals surface area contributed by atoms with E-state index in [1.165, 1.54) is 0 Å². The number of hydrogen-bond acceptors (Lipinski definition) is 3. The fraction of sp³-hybridized carbons (Fsp3) is 0.500. The first-order valence-corrected chi connectivity index (χ1v) is 5.58. The van der Waals surface area contributed by atoms with Crippen LogP contribution in [0.1, 0.15) is 19.4 Å². The first kappa shape index (κ1) is 13.1. The van der Waals surface area contributed by atoms with Gasteiger partial charge in [-0.15, -0.1) is 0 Å². The molecule has 1 atom stereocenters. The number of hydrogen-bond donors (Lipinski definition) is 0. The third kappa shape index (κ3) is 3.29. The average Bonchev–Trinajstić information content (AvgIpc) is 2.22. The molecular weight excluding hydrogens is 226 g/mol. The van der Waals surface area contributed by atoms with Crippen molar-refractivity contribution in [3.63, 3.8) is 0 Å². The maximum atomic E-state index is 11.9. The predicted octanol–water partition coefficient (Wildman–Crippen LogP) is 2.52. The van der Waals surface area contributed by atoms with E-state index in [0.717, 1.165) is 5.56 Å². The molecule has 16 heavy (non-hydrogen) atoms. The molecule has 3 nitrogen and oxygen atoms in total. The normalized spacial score (nSPS) is 12.8. The van der Waals surface area contributed by atoms with Gasteiger partial charge in [0.1, 0.15) is 6.10 Å². The van der Waals surface area contributed by atoms with Crippen molar-refractivity contribution in [3.8, 4) is 0 Å². The third-order valence-electron chi connectivity index (χ3n) is 2.40. The molecule has 1 heterocycles. The minimum Gasteiger partial charge on any atom is -0.373 e. The van der Waals surface area contributed by atoms with E-state index in [2.05, 4.69) is 4.98 Å². The Morgan fingerprint density at radius 1 is 1.56 bits per heavy atom. The molecule has 0 N–H and O–H groups in total. The van der Waals surface area contributed by atoms with Crippen molar-refractivity contribution in [2.24, 2.45) is 5.92 Å². The summed E-state index contributed by atoms with van der Waals surface area (Å²) in [5.74, 6) is 0.212. The Kier molecular flexibility index (Phi) is 4.90.